The number of amides is 2. The number of carbonyl (C=O) groups is 2. The molecule has 6 nitrogen and oxygen atoms in total. The van der Waals surface area contributed by atoms with Gasteiger partial charge in [-0.15, -0.1) is 0 Å². The number of imide groups is 1. The lowest BCUT2D eigenvalue weighted by Gasteiger charge is -2.33. The van der Waals surface area contributed by atoms with Crippen molar-refractivity contribution in [2.75, 3.05) is 32.2 Å². The summed E-state index contributed by atoms with van der Waals surface area (Å²) in [6.07, 6.45) is 2.02. The van der Waals surface area contributed by atoms with Crippen LogP contribution in [0.1, 0.15) is 25.3 Å². The maximum Gasteiger partial charge on any atom is 0.282 e. The van der Waals surface area contributed by atoms with Crippen LogP contribution in [0.15, 0.2) is 48.2 Å². The van der Waals surface area contributed by atoms with Gasteiger partial charge in [0.1, 0.15) is 23.0 Å². The Hall–Kier alpha value is -3.35. The topological polar surface area (TPSA) is 59.1 Å². The number of carbonyl (C=O) groups excluding carboxylic acids is 2. The second-order valence-corrected chi connectivity index (χ2v) is 7.94. The second-order valence-electron chi connectivity index (χ2n) is 7.94. The molecule has 162 valence electrons. The van der Waals surface area contributed by atoms with Crippen LogP contribution in [-0.2, 0) is 9.59 Å². The third-order valence-electron chi connectivity index (χ3n) is 5.76. The molecule has 1 saturated heterocycles. The molecule has 1 fully saturated rings. The normalized spacial score (nSPS) is 19.3. The number of hydrogen-bond donors (Lipinski definition) is 0. The van der Waals surface area contributed by atoms with Crippen LogP contribution in [0.5, 0.6) is 11.5 Å². The Kier molecular flexibility index (Phi) is 5.67. The average molecular weight is 424 g/mol. The minimum Gasteiger partial charge on any atom is -0.497 e. The van der Waals surface area contributed by atoms with Gasteiger partial charge in [0, 0.05) is 31.3 Å². The zero-order valence-electron chi connectivity index (χ0n) is 17.9. The van der Waals surface area contributed by atoms with Crippen LogP contribution >= 0.6 is 0 Å². The molecule has 1 unspecified atom stereocenters. The number of ether oxygens (including phenoxy) is 2. The Morgan fingerprint density at radius 1 is 0.968 bits per heavy atom. The molecule has 31 heavy (non-hydrogen) atoms. The lowest BCUT2D eigenvalue weighted by molar-refractivity contribution is -0.120. The van der Waals surface area contributed by atoms with Gasteiger partial charge in [-0.05, 0) is 36.5 Å². The lowest BCUT2D eigenvalue weighted by atomic mass is 9.98. The zero-order valence-corrected chi connectivity index (χ0v) is 17.9. The van der Waals surface area contributed by atoms with Crippen LogP contribution in [0.4, 0.5) is 10.1 Å². The van der Waals surface area contributed by atoms with E-state index >= 15 is 0 Å². The molecule has 1 atom stereocenters. The highest BCUT2D eigenvalue weighted by molar-refractivity contribution is 6.45. The monoisotopic (exact) mass is 424 g/mol. The van der Waals surface area contributed by atoms with Gasteiger partial charge in [-0.1, -0.05) is 19.1 Å². The van der Waals surface area contributed by atoms with E-state index in [9.17, 15) is 14.0 Å². The molecular weight excluding hydrogens is 399 g/mol. The fraction of sp³-hybridized carbons (Fsp3) is 0.333. The molecule has 2 aliphatic heterocycles. The number of piperidine rings is 1. The molecule has 4 rings (SSSR count). The van der Waals surface area contributed by atoms with Crippen molar-refractivity contribution in [2.45, 2.75) is 19.8 Å². The number of likely N-dealkylation sites (tertiary alicyclic amines) is 1. The molecule has 2 heterocycles. The van der Waals surface area contributed by atoms with Gasteiger partial charge in [-0.25, -0.2) is 9.29 Å². The van der Waals surface area contributed by atoms with E-state index in [0.29, 0.717) is 53.0 Å². The number of hydrogen-bond acceptors (Lipinski definition) is 5. The van der Waals surface area contributed by atoms with Gasteiger partial charge in [-0.3, -0.25) is 9.59 Å². The van der Waals surface area contributed by atoms with Gasteiger partial charge in [0.25, 0.3) is 11.8 Å². The minimum absolute atomic E-state index is 0.292. The van der Waals surface area contributed by atoms with Crippen molar-refractivity contribution in [3.05, 3.63) is 59.5 Å². The summed E-state index contributed by atoms with van der Waals surface area (Å²) in [7, 11) is 3.02. The summed E-state index contributed by atoms with van der Waals surface area (Å²) >= 11 is 0. The van der Waals surface area contributed by atoms with Crippen molar-refractivity contribution < 1.29 is 23.5 Å². The minimum atomic E-state index is -0.444. The third kappa shape index (κ3) is 3.87. The second kappa shape index (κ2) is 8.41. The standard InChI is InChI=1S/C24H25FN2O4/c1-15-5-4-10-26(14-15)22-21(16-6-8-17(25)9-7-16)23(28)27(24(22)29)18-11-19(30-2)13-20(12-18)31-3/h6-9,11-13,15H,4-5,10,14H2,1-3H3. The molecule has 2 amide bonds. The first-order valence-electron chi connectivity index (χ1n) is 10.3. The van der Waals surface area contributed by atoms with Crippen LogP contribution in [-0.4, -0.2) is 44.0 Å². The SMILES string of the molecule is COc1cc(OC)cc(N2C(=O)C(c3ccc(F)cc3)=C(N3CCCC(C)C3)C2=O)c1. The molecule has 7 heteroatoms. The quantitative estimate of drug-likeness (QED) is 0.683. The fourth-order valence-electron chi connectivity index (χ4n) is 4.24. The fourth-order valence-corrected chi connectivity index (χ4v) is 4.24. The summed E-state index contributed by atoms with van der Waals surface area (Å²) in [5, 5.41) is 0. The Labute approximate surface area is 180 Å². The van der Waals surface area contributed by atoms with E-state index in [0.717, 1.165) is 17.7 Å². The van der Waals surface area contributed by atoms with Crippen molar-refractivity contribution >= 4 is 23.1 Å². The van der Waals surface area contributed by atoms with E-state index in [4.69, 9.17) is 9.47 Å². The molecule has 0 aromatic heterocycles. The van der Waals surface area contributed by atoms with Gasteiger partial charge in [0.15, 0.2) is 0 Å². The number of anilines is 1. The van der Waals surface area contributed by atoms with Crippen LogP contribution < -0.4 is 14.4 Å². The average Bonchev–Trinajstić information content (AvgIpc) is 3.04. The largest absolute Gasteiger partial charge is 0.497 e. The van der Waals surface area contributed by atoms with Gasteiger partial charge in [0.2, 0.25) is 0 Å². The molecule has 0 aliphatic carbocycles. The highest BCUT2D eigenvalue weighted by Crippen LogP contribution is 2.38. The number of methoxy groups -OCH3 is 2. The van der Waals surface area contributed by atoms with Crippen molar-refractivity contribution in [3.63, 3.8) is 0 Å². The number of halogens is 1. The first-order chi connectivity index (χ1) is 14.9. The van der Waals surface area contributed by atoms with E-state index in [-0.39, 0.29) is 0 Å². The van der Waals surface area contributed by atoms with Crippen molar-refractivity contribution in [3.8, 4) is 11.5 Å². The van der Waals surface area contributed by atoms with Gasteiger partial charge in [-0.2, -0.15) is 0 Å². The van der Waals surface area contributed by atoms with E-state index in [1.165, 1.54) is 26.4 Å². The van der Waals surface area contributed by atoms with Crippen molar-refractivity contribution in [1.82, 2.24) is 4.90 Å². The summed E-state index contributed by atoms with van der Waals surface area (Å²) in [4.78, 5) is 30.3. The molecule has 0 saturated carbocycles. The van der Waals surface area contributed by atoms with Crippen LogP contribution in [0.25, 0.3) is 5.57 Å². The molecule has 2 aromatic carbocycles. The summed E-state index contributed by atoms with van der Waals surface area (Å²) in [6.45, 7) is 3.52. The molecule has 2 aliphatic rings. The molecule has 0 N–H and O–H groups in total. The van der Waals surface area contributed by atoms with E-state index in [1.807, 2.05) is 4.90 Å². The van der Waals surface area contributed by atoms with Crippen LogP contribution in [0, 0.1) is 11.7 Å². The Bertz CT molecular complexity index is 1030. The molecular formula is C24H25FN2O4. The first-order valence-corrected chi connectivity index (χ1v) is 10.3. The van der Waals surface area contributed by atoms with Crippen molar-refractivity contribution in [1.29, 1.82) is 0 Å². The summed E-state index contributed by atoms with van der Waals surface area (Å²) in [5.74, 6) is 0.110. The van der Waals surface area contributed by atoms with Gasteiger partial charge in [0.05, 0.1) is 25.5 Å². The highest BCUT2D eigenvalue weighted by atomic mass is 19.1. The Morgan fingerprint density at radius 3 is 2.19 bits per heavy atom. The Balaban J connectivity index is 1.83. The smallest absolute Gasteiger partial charge is 0.282 e. The predicted molar refractivity (Wildman–Crippen MR) is 115 cm³/mol. The number of rotatable bonds is 5. The van der Waals surface area contributed by atoms with Crippen LogP contribution in [0.2, 0.25) is 0 Å². The first kappa shape index (κ1) is 20.9. The van der Waals surface area contributed by atoms with Crippen molar-refractivity contribution in [2.24, 2.45) is 5.92 Å². The molecule has 0 radical (unpaired) electrons. The predicted octanol–water partition coefficient (Wildman–Crippen LogP) is 3.86. The number of benzene rings is 2. The molecule has 2 aromatic rings. The van der Waals surface area contributed by atoms with E-state index in [2.05, 4.69) is 6.92 Å². The highest BCUT2D eigenvalue weighted by Gasteiger charge is 2.43. The summed E-state index contributed by atoms with van der Waals surface area (Å²) in [5.41, 5.74) is 1.54. The van der Waals surface area contributed by atoms with E-state index in [1.54, 1.807) is 30.3 Å². The van der Waals surface area contributed by atoms with Crippen LogP contribution in [0.3, 0.4) is 0 Å². The van der Waals surface area contributed by atoms with Gasteiger partial charge >= 0.3 is 0 Å². The molecule has 0 bridgehead atoms. The maximum absolute atomic E-state index is 13.6. The third-order valence-corrected chi connectivity index (χ3v) is 5.76. The van der Waals surface area contributed by atoms with Gasteiger partial charge < -0.3 is 14.4 Å². The zero-order chi connectivity index (χ0) is 22.1. The molecule has 0 spiro atoms. The van der Waals surface area contributed by atoms with E-state index < -0.39 is 17.6 Å². The summed E-state index contributed by atoms with van der Waals surface area (Å²) in [6, 6.07) is 10.6. The number of nitrogens with zero attached hydrogens (tertiary/aromatic N) is 2. The summed E-state index contributed by atoms with van der Waals surface area (Å²) < 4.78 is 24.2. The lowest BCUT2D eigenvalue weighted by Crippen LogP contribution is -2.39. The Morgan fingerprint density at radius 2 is 1.61 bits per heavy atom. The maximum atomic E-state index is 13.6.